The molecule has 4 rings (SSSR count). The molecule has 0 spiro atoms. The first kappa shape index (κ1) is 22.9. The molecule has 169 valence electrons. The van der Waals surface area contributed by atoms with Gasteiger partial charge in [0.25, 0.3) is 0 Å². The van der Waals surface area contributed by atoms with E-state index in [0.29, 0.717) is 5.39 Å². The van der Waals surface area contributed by atoms with Crippen molar-refractivity contribution < 1.29 is 37.6 Å². The van der Waals surface area contributed by atoms with Crippen molar-refractivity contribution in [1.29, 1.82) is 0 Å². The van der Waals surface area contributed by atoms with Gasteiger partial charge in [0.15, 0.2) is 0 Å². The van der Waals surface area contributed by atoms with Crippen molar-refractivity contribution in [3.8, 4) is 11.5 Å². The average molecular weight is 487 g/mol. The normalized spacial score (nSPS) is 13.6. The monoisotopic (exact) mass is 486 g/mol. The Kier molecular flexibility index (Phi) is 5.95. The van der Waals surface area contributed by atoms with Crippen molar-refractivity contribution in [2.75, 3.05) is 0 Å². The maximum absolute atomic E-state index is 13.3. The molecule has 0 saturated heterocycles. The number of phenols is 2. The van der Waals surface area contributed by atoms with Crippen LogP contribution in [0.3, 0.4) is 0 Å². The van der Waals surface area contributed by atoms with Gasteiger partial charge >= 0.3 is 10.5 Å². The minimum Gasteiger partial charge on any atom is -0.508 e. The van der Waals surface area contributed by atoms with E-state index in [1.807, 2.05) is 0 Å². The Morgan fingerprint density at radius 3 is 2.06 bits per heavy atom. The summed E-state index contributed by atoms with van der Waals surface area (Å²) in [4.78, 5) is -0.301. The number of aromatic hydroxyl groups is 2. The maximum Gasteiger partial charge on any atom is 0.482 e. The molecule has 4 aromatic carbocycles. The van der Waals surface area contributed by atoms with Crippen LogP contribution >= 0.6 is 0 Å². The van der Waals surface area contributed by atoms with E-state index in [1.54, 1.807) is 30.3 Å². The zero-order valence-corrected chi connectivity index (χ0v) is 18.8. The molecular formula is C23H20NO7S2+2. The van der Waals surface area contributed by atoms with Crippen LogP contribution in [0.2, 0.25) is 0 Å². The van der Waals surface area contributed by atoms with Gasteiger partial charge in [0, 0.05) is 18.1 Å². The third kappa shape index (κ3) is 4.47. The molecule has 0 heterocycles. The van der Waals surface area contributed by atoms with E-state index < -0.39 is 20.3 Å². The van der Waals surface area contributed by atoms with Crippen molar-refractivity contribution in [1.82, 2.24) is 0 Å². The Bertz CT molecular complexity index is 1500. The zero-order valence-electron chi connectivity index (χ0n) is 17.2. The molecule has 5 N–H and O–H groups in total. The fraction of sp³-hybridized carbons (Fsp3) is 0.0435. The van der Waals surface area contributed by atoms with Crippen LogP contribution in [0.25, 0.3) is 10.8 Å². The lowest BCUT2D eigenvalue weighted by molar-refractivity contribution is -0.637. The number of quaternary nitrogens is 1. The molecule has 0 aliphatic rings. The smallest absolute Gasteiger partial charge is 0.482 e. The molecule has 33 heavy (non-hydrogen) atoms. The van der Waals surface area contributed by atoms with E-state index in [4.69, 9.17) is 0 Å². The summed E-state index contributed by atoms with van der Waals surface area (Å²) in [6.45, 7) is 0. The third-order valence-corrected chi connectivity index (χ3v) is 8.31. The molecule has 0 saturated carbocycles. The molecule has 0 aliphatic carbocycles. The minimum atomic E-state index is -4.21. The summed E-state index contributed by atoms with van der Waals surface area (Å²) in [5, 5.41) is 21.0. The first-order chi connectivity index (χ1) is 15.6. The van der Waals surface area contributed by atoms with Gasteiger partial charge in [-0.1, -0.05) is 24.3 Å². The second-order valence-corrected chi connectivity index (χ2v) is 10.8. The zero-order chi connectivity index (χ0) is 23.8. The van der Waals surface area contributed by atoms with Gasteiger partial charge in [-0.15, -0.1) is 0 Å². The molecule has 1 atom stereocenters. The average Bonchev–Trinajstić information content (AvgIpc) is 2.78. The Hall–Kier alpha value is -3.28. The summed E-state index contributed by atoms with van der Waals surface area (Å²) in [6.07, 6.45) is -0.121. The minimum absolute atomic E-state index is 0.0558. The molecular weight excluding hydrogens is 466 g/mol. The first-order valence-electron chi connectivity index (χ1n) is 9.68. The van der Waals surface area contributed by atoms with E-state index in [9.17, 15) is 27.4 Å². The lowest BCUT2D eigenvalue weighted by atomic mass is 10.0. The van der Waals surface area contributed by atoms with Crippen LogP contribution in [0.15, 0.2) is 93.5 Å². The van der Waals surface area contributed by atoms with E-state index in [2.05, 4.69) is 10.2 Å². The van der Waals surface area contributed by atoms with Gasteiger partial charge in [-0.3, -0.25) is 0 Å². The molecule has 0 amide bonds. The number of sulfone groups is 1. The first-order valence-corrected chi connectivity index (χ1v) is 12.6. The van der Waals surface area contributed by atoms with E-state index in [0.717, 1.165) is 5.39 Å². The standard InChI is InChI=1S/C23H19NO7S2/c24-31-33(29,30)23-14-16-4-2-1-3-15(16)11-17(23)12-18-13-20(26)7-10-22(18)32(27,28)21-8-5-19(25)6-9-21/h1-11,13-14H,12H2,24H3,(H-,25,26)/q+1/p+1. The van der Waals surface area contributed by atoms with Crippen LogP contribution in [0.1, 0.15) is 11.1 Å². The van der Waals surface area contributed by atoms with Crippen molar-refractivity contribution in [2.45, 2.75) is 21.1 Å². The topological polar surface area (TPSA) is 148 Å². The molecule has 10 heteroatoms. The third-order valence-electron chi connectivity index (χ3n) is 5.21. The van der Waals surface area contributed by atoms with Gasteiger partial charge < -0.3 is 10.2 Å². The van der Waals surface area contributed by atoms with Gasteiger partial charge in [0.2, 0.25) is 14.7 Å². The SMILES string of the molecule is [NH3+]O[S+]([O])(=O)c1cc2ccccc2cc1Cc1cc(O)ccc1S(=O)(=O)c1ccc(O)cc1. The molecule has 0 fully saturated rings. The number of hydrogen-bond donors (Lipinski definition) is 3. The van der Waals surface area contributed by atoms with E-state index in [1.165, 1.54) is 48.5 Å². The lowest BCUT2D eigenvalue weighted by Crippen LogP contribution is -2.52. The highest BCUT2D eigenvalue weighted by molar-refractivity contribution is 7.93. The number of phenolic OH excluding ortho intramolecular Hbond substituents is 2. The predicted molar refractivity (Wildman–Crippen MR) is 119 cm³/mol. The highest BCUT2D eigenvalue weighted by Gasteiger charge is 2.40. The van der Waals surface area contributed by atoms with Crippen LogP contribution in [0.5, 0.6) is 11.5 Å². The molecule has 1 unspecified atom stereocenters. The van der Waals surface area contributed by atoms with Crippen molar-refractivity contribution in [3.05, 3.63) is 90.0 Å². The fourth-order valence-electron chi connectivity index (χ4n) is 3.62. The van der Waals surface area contributed by atoms with Crippen LogP contribution in [-0.4, -0.2) is 18.6 Å². The second kappa shape index (κ2) is 8.58. The quantitative estimate of drug-likeness (QED) is 0.282. The second-order valence-electron chi connectivity index (χ2n) is 7.35. The van der Waals surface area contributed by atoms with Crippen molar-refractivity contribution in [3.63, 3.8) is 0 Å². The lowest BCUT2D eigenvalue weighted by Gasteiger charge is -2.13. The van der Waals surface area contributed by atoms with E-state index >= 15 is 0 Å². The molecule has 1 radical (unpaired) electrons. The highest BCUT2D eigenvalue weighted by atomic mass is 32.3. The Balaban J connectivity index is 1.90. The van der Waals surface area contributed by atoms with Gasteiger partial charge in [-0.25, -0.2) is 8.42 Å². The Morgan fingerprint density at radius 2 is 1.42 bits per heavy atom. The van der Waals surface area contributed by atoms with E-state index in [-0.39, 0.29) is 43.7 Å². The summed E-state index contributed by atoms with van der Waals surface area (Å²) in [5.74, 6) is 2.78. The van der Waals surface area contributed by atoms with Gasteiger partial charge in [0.05, 0.1) is 18.6 Å². The largest absolute Gasteiger partial charge is 0.508 e. The van der Waals surface area contributed by atoms with Gasteiger partial charge in [0.1, 0.15) is 11.5 Å². The van der Waals surface area contributed by atoms with Crippen LogP contribution in [-0.2, 0) is 39.8 Å². The van der Waals surface area contributed by atoms with Crippen LogP contribution in [0.4, 0.5) is 0 Å². The van der Waals surface area contributed by atoms with Crippen molar-refractivity contribution >= 4 is 31.1 Å². The summed E-state index contributed by atoms with van der Waals surface area (Å²) in [6, 6.07) is 19.0. The fourth-order valence-corrected chi connectivity index (χ4v) is 5.95. The number of hydrogen-bond acceptors (Lipinski definition) is 6. The van der Waals surface area contributed by atoms with Gasteiger partial charge in [-0.05, 0) is 69.1 Å². The predicted octanol–water partition coefficient (Wildman–Crippen LogP) is 2.97. The summed E-state index contributed by atoms with van der Waals surface area (Å²) >= 11 is 0. The number of rotatable bonds is 6. The molecule has 4 aromatic rings. The number of benzene rings is 4. The Morgan fingerprint density at radius 1 is 0.818 bits per heavy atom. The van der Waals surface area contributed by atoms with Crippen molar-refractivity contribution in [2.24, 2.45) is 0 Å². The highest BCUT2D eigenvalue weighted by Crippen LogP contribution is 2.33. The maximum atomic E-state index is 13.3. The summed E-state index contributed by atoms with van der Waals surface area (Å²) in [7, 11) is -8.24. The number of fused-ring (bicyclic) bond motifs is 1. The molecule has 0 aliphatic heterocycles. The molecule has 8 nitrogen and oxygen atoms in total. The van der Waals surface area contributed by atoms with Crippen LogP contribution < -0.4 is 5.90 Å². The molecule has 0 bridgehead atoms. The molecule has 0 aromatic heterocycles. The van der Waals surface area contributed by atoms with Crippen LogP contribution in [0, 0.1) is 0 Å². The summed E-state index contributed by atoms with van der Waals surface area (Å²) in [5.41, 5.74) is 0.476. The summed E-state index contributed by atoms with van der Waals surface area (Å²) < 4.78 is 56.3. The Labute approximate surface area is 191 Å². The van der Waals surface area contributed by atoms with Gasteiger partial charge in [-0.2, -0.15) is 5.90 Å².